The lowest BCUT2D eigenvalue weighted by Gasteiger charge is -2.20. The molecule has 0 unspecified atom stereocenters. The highest BCUT2D eigenvalue weighted by Crippen LogP contribution is 2.24. The van der Waals surface area contributed by atoms with E-state index in [9.17, 15) is 4.79 Å². The summed E-state index contributed by atoms with van der Waals surface area (Å²) in [7, 11) is 0. The van der Waals surface area contributed by atoms with Crippen LogP contribution < -0.4 is 0 Å². The number of carboxylic acids is 1. The van der Waals surface area contributed by atoms with E-state index in [1.165, 1.54) is 16.7 Å². The molecule has 0 aliphatic heterocycles. The molecule has 0 spiro atoms. The highest BCUT2D eigenvalue weighted by atomic mass is 16.5. The second kappa shape index (κ2) is 6.01. The number of rotatable bonds is 5. The van der Waals surface area contributed by atoms with E-state index in [0.717, 1.165) is 6.42 Å². The summed E-state index contributed by atoms with van der Waals surface area (Å²) in [5.74, 6) is -0.921. The Morgan fingerprint density at radius 1 is 1.33 bits per heavy atom. The summed E-state index contributed by atoms with van der Waals surface area (Å²) in [4.78, 5) is 10.3. The highest BCUT2D eigenvalue weighted by molar-refractivity contribution is 5.67. The second-order valence-corrected chi connectivity index (χ2v) is 5.59. The quantitative estimate of drug-likeness (QED) is 0.817. The summed E-state index contributed by atoms with van der Waals surface area (Å²) in [6, 6.07) is 6.45. The Balaban J connectivity index is 2.60. The molecule has 1 aromatic rings. The Morgan fingerprint density at radius 3 is 2.50 bits per heavy atom. The maximum Gasteiger partial charge on any atom is 0.329 e. The van der Waals surface area contributed by atoms with Crippen molar-refractivity contribution in [1.29, 1.82) is 0 Å². The van der Waals surface area contributed by atoms with Gasteiger partial charge in [-0.25, -0.2) is 4.79 Å². The van der Waals surface area contributed by atoms with E-state index in [1.54, 1.807) is 0 Å². The van der Waals surface area contributed by atoms with Gasteiger partial charge in [-0.3, -0.25) is 0 Å². The molecule has 3 nitrogen and oxygen atoms in total. The van der Waals surface area contributed by atoms with Crippen molar-refractivity contribution >= 4 is 5.97 Å². The monoisotopic (exact) mass is 250 g/mol. The van der Waals surface area contributed by atoms with Crippen molar-refractivity contribution < 1.29 is 14.6 Å². The third-order valence-electron chi connectivity index (χ3n) is 2.95. The van der Waals surface area contributed by atoms with Gasteiger partial charge >= 0.3 is 5.97 Å². The Morgan fingerprint density at radius 2 is 2.00 bits per heavy atom. The zero-order valence-corrected chi connectivity index (χ0v) is 11.6. The van der Waals surface area contributed by atoms with Gasteiger partial charge in [0.1, 0.15) is 6.61 Å². The van der Waals surface area contributed by atoms with Gasteiger partial charge in [-0.05, 0) is 35.4 Å². The molecule has 3 heteroatoms. The lowest BCUT2D eigenvalue weighted by Crippen LogP contribution is -2.12. The standard InChI is InChI=1S/C15H22O3/c1-11-9-13(15(2,3)4)6-5-12(11)7-8-18-10-14(16)17/h5-6,9H,7-8,10H2,1-4H3,(H,16,17). The molecule has 0 radical (unpaired) electrons. The van der Waals surface area contributed by atoms with E-state index < -0.39 is 5.97 Å². The minimum absolute atomic E-state index is 0.156. The SMILES string of the molecule is Cc1cc(C(C)(C)C)ccc1CCOCC(=O)O. The molecule has 100 valence electrons. The van der Waals surface area contributed by atoms with Gasteiger partial charge < -0.3 is 9.84 Å². The summed E-state index contributed by atoms with van der Waals surface area (Å²) < 4.78 is 5.05. The predicted molar refractivity (Wildman–Crippen MR) is 72.0 cm³/mol. The van der Waals surface area contributed by atoms with Gasteiger partial charge in [0.05, 0.1) is 6.61 Å². The van der Waals surface area contributed by atoms with E-state index in [2.05, 4.69) is 45.9 Å². The third-order valence-corrected chi connectivity index (χ3v) is 2.95. The van der Waals surface area contributed by atoms with E-state index in [1.807, 2.05) is 0 Å². The Kier molecular flexibility index (Phi) is 4.91. The lowest BCUT2D eigenvalue weighted by atomic mass is 9.85. The molecule has 0 saturated carbocycles. The van der Waals surface area contributed by atoms with Crippen molar-refractivity contribution in [3.8, 4) is 0 Å². The number of carbonyl (C=O) groups is 1. The average Bonchev–Trinajstić information content (AvgIpc) is 2.24. The molecule has 1 aromatic carbocycles. The summed E-state index contributed by atoms with van der Waals surface area (Å²) in [6.45, 7) is 8.88. The summed E-state index contributed by atoms with van der Waals surface area (Å²) in [5, 5.41) is 8.47. The minimum Gasteiger partial charge on any atom is -0.480 e. The maximum atomic E-state index is 10.3. The molecule has 0 amide bonds. The number of carboxylic acid groups (broad SMARTS) is 1. The number of ether oxygens (including phenoxy) is 1. The van der Waals surface area contributed by atoms with Crippen LogP contribution in [0.15, 0.2) is 18.2 Å². The Labute approximate surface area is 109 Å². The van der Waals surface area contributed by atoms with Crippen LogP contribution in [0.25, 0.3) is 0 Å². The predicted octanol–water partition coefficient (Wildman–Crippen LogP) is 2.94. The molecular weight excluding hydrogens is 228 g/mol. The fourth-order valence-corrected chi connectivity index (χ4v) is 1.78. The Hall–Kier alpha value is -1.35. The van der Waals surface area contributed by atoms with Crippen molar-refractivity contribution in [2.75, 3.05) is 13.2 Å². The number of benzene rings is 1. The highest BCUT2D eigenvalue weighted by Gasteiger charge is 2.14. The molecule has 18 heavy (non-hydrogen) atoms. The van der Waals surface area contributed by atoms with Crippen LogP contribution >= 0.6 is 0 Å². The minimum atomic E-state index is -0.921. The van der Waals surface area contributed by atoms with Crippen LogP contribution in [0.2, 0.25) is 0 Å². The number of hydrogen-bond donors (Lipinski definition) is 1. The van der Waals surface area contributed by atoms with E-state index in [-0.39, 0.29) is 12.0 Å². The summed E-state index contributed by atoms with van der Waals surface area (Å²) in [6.07, 6.45) is 0.754. The zero-order valence-electron chi connectivity index (χ0n) is 11.6. The molecule has 0 aromatic heterocycles. The molecule has 0 aliphatic rings. The lowest BCUT2D eigenvalue weighted by molar-refractivity contribution is -0.142. The van der Waals surface area contributed by atoms with Crippen molar-refractivity contribution in [3.05, 3.63) is 34.9 Å². The first-order chi connectivity index (χ1) is 8.30. The van der Waals surface area contributed by atoms with Crippen LogP contribution in [0.4, 0.5) is 0 Å². The molecule has 1 N–H and O–H groups in total. The van der Waals surface area contributed by atoms with E-state index >= 15 is 0 Å². The van der Waals surface area contributed by atoms with Crippen molar-refractivity contribution in [2.45, 2.75) is 39.5 Å². The molecule has 1 rings (SSSR count). The largest absolute Gasteiger partial charge is 0.480 e. The third kappa shape index (κ3) is 4.49. The van der Waals surface area contributed by atoms with Crippen molar-refractivity contribution in [3.63, 3.8) is 0 Å². The van der Waals surface area contributed by atoms with Gasteiger partial charge in [0.2, 0.25) is 0 Å². The normalized spacial score (nSPS) is 11.6. The summed E-state index contributed by atoms with van der Waals surface area (Å²) >= 11 is 0. The van der Waals surface area contributed by atoms with Gasteiger partial charge in [0.15, 0.2) is 0 Å². The molecular formula is C15H22O3. The molecule has 0 fully saturated rings. The number of aryl methyl sites for hydroxylation is 1. The van der Waals surface area contributed by atoms with Crippen LogP contribution in [-0.2, 0) is 21.4 Å². The maximum absolute atomic E-state index is 10.3. The van der Waals surface area contributed by atoms with Crippen LogP contribution in [0.5, 0.6) is 0 Å². The number of aliphatic carboxylic acids is 1. The fourth-order valence-electron chi connectivity index (χ4n) is 1.78. The first-order valence-corrected chi connectivity index (χ1v) is 6.20. The zero-order chi connectivity index (χ0) is 13.8. The van der Waals surface area contributed by atoms with Crippen LogP contribution in [0.1, 0.15) is 37.5 Å². The Bertz CT molecular complexity index is 416. The first kappa shape index (κ1) is 14.7. The van der Waals surface area contributed by atoms with Gasteiger partial charge in [-0.1, -0.05) is 39.0 Å². The van der Waals surface area contributed by atoms with Gasteiger partial charge in [0, 0.05) is 0 Å². The van der Waals surface area contributed by atoms with Crippen LogP contribution in [0.3, 0.4) is 0 Å². The average molecular weight is 250 g/mol. The molecule has 0 atom stereocenters. The van der Waals surface area contributed by atoms with Crippen LogP contribution in [0, 0.1) is 6.92 Å². The summed E-state index contributed by atoms with van der Waals surface area (Å²) in [5.41, 5.74) is 3.92. The second-order valence-electron chi connectivity index (χ2n) is 5.59. The van der Waals surface area contributed by atoms with Gasteiger partial charge in [-0.2, -0.15) is 0 Å². The van der Waals surface area contributed by atoms with Gasteiger partial charge in [-0.15, -0.1) is 0 Å². The van der Waals surface area contributed by atoms with Crippen molar-refractivity contribution in [2.24, 2.45) is 0 Å². The molecule has 0 saturated heterocycles. The molecule has 0 aliphatic carbocycles. The van der Waals surface area contributed by atoms with Crippen molar-refractivity contribution in [1.82, 2.24) is 0 Å². The van der Waals surface area contributed by atoms with Crippen LogP contribution in [-0.4, -0.2) is 24.3 Å². The number of hydrogen-bond acceptors (Lipinski definition) is 2. The fraction of sp³-hybridized carbons (Fsp3) is 0.533. The smallest absolute Gasteiger partial charge is 0.329 e. The molecule has 0 bridgehead atoms. The van der Waals surface area contributed by atoms with E-state index in [0.29, 0.717) is 6.61 Å². The van der Waals surface area contributed by atoms with E-state index in [4.69, 9.17) is 9.84 Å². The molecule has 0 heterocycles. The van der Waals surface area contributed by atoms with Gasteiger partial charge in [0.25, 0.3) is 0 Å². The first-order valence-electron chi connectivity index (χ1n) is 6.20. The topological polar surface area (TPSA) is 46.5 Å².